The quantitative estimate of drug-likeness (QED) is 0.810. The largest absolute Gasteiger partial charge is 0.478 e. The molecular weight excluding hydrogens is 220 g/mol. The highest BCUT2D eigenvalue weighted by molar-refractivity contribution is 5.76. The lowest BCUT2D eigenvalue weighted by atomic mass is 10.1. The second-order valence-electron chi connectivity index (χ2n) is 4.02. The van der Waals surface area contributed by atoms with Crippen LogP contribution in [0.25, 0.3) is 0 Å². The van der Waals surface area contributed by atoms with Gasteiger partial charge in [0.25, 0.3) is 0 Å². The van der Waals surface area contributed by atoms with E-state index in [1.807, 2.05) is 25.1 Å². The van der Waals surface area contributed by atoms with Gasteiger partial charge in [-0.15, -0.1) is 0 Å². The van der Waals surface area contributed by atoms with Gasteiger partial charge < -0.3 is 14.6 Å². The van der Waals surface area contributed by atoms with Gasteiger partial charge in [0.15, 0.2) is 6.10 Å². The number of carbonyl (C=O) groups is 1. The van der Waals surface area contributed by atoms with Crippen molar-refractivity contribution in [1.82, 2.24) is 0 Å². The highest BCUT2D eigenvalue weighted by Gasteiger charge is 2.29. The van der Waals surface area contributed by atoms with Crippen molar-refractivity contribution in [3.63, 3.8) is 0 Å². The maximum absolute atomic E-state index is 11.3. The third-order valence-electron chi connectivity index (χ3n) is 2.82. The fraction of sp³-hybridized carbons (Fsp3) is 0.462. The highest BCUT2D eigenvalue weighted by Crippen LogP contribution is 2.28. The summed E-state index contributed by atoms with van der Waals surface area (Å²) in [6.07, 6.45) is 0.0639. The number of aliphatic hydroxyl groups excluding tert-OH is 1. The zero-order valence-electron chi connectivity index (χ0n) is 9.76. The van der Waals surface area contributed by atoms with Gasteiger partial charge in [-0.25, -0.2) is 4.79 Å². The van der Waals surface area contributed by atoms with Crippen molar-refractivity contribution >= 4 is 5.97 Å². The van der Waals surface area contributed by atoms with Crippen LogP contribution in [0.3, 0.4) is 0 Å². The molecule has 1 fully saturated rings. The Morgan fingerprint density at radius 3 is 2.94 bits per heavy atom. The second-order valence-corrected chi connectivity index (χ2v) is 4.02. The van der Waals surface area contributed by atoms with Crippen molar-refractivity contribution < 1.29 is 19.4 Å². The Hall–Kier alpha value is -1.55. The molecule has 0 amide bonds. The van der Waals surface area contributed by atoms with Gasteiger partial charge in [-0.1, -0.05) is 25.1 Å². The number of cyclic esters (lactones) is 1. The van der Waals surface area contributed by atoms with Gasteiger partial charge in [-0.3, -0.25) is 0 Å². The van der Waals surface area contributed by atoms with Crippen molar-refractivity contribution in [2.45, 2.75) is 32.0 Å². The van der Waals surface area contributed by atoms with Crippen molar-refractivity contribution in [3.8, 4) is 5.75 Å². The summed E-state index contributed by atoms with van der Waals surface area (Å²) in [6.45, 7) is 2.30. The molecule has 2 unspecified atom stereocenters. The Labute approximate surface area is 100 Å². The van der Waals surface area contributed by atoms with Crippen LogP contribution in [0.4, 0.5) is 0 Å². The molecular formula is C13H16O4. The van der Waals surface area contributed by atoms with Crippen LogP contribution >= 0.6 is 0 Å². The summed E-state index contributed by atoms with van der Waals surface area (Å²) in [5.41, 5.74) is 0.717. The third kappa shape index (κ3) is 2.58. The van der Waals surface area contributed by atoms with E-state index in [9.17, 15) is 9.90 Å². The molecule has 1 N–H and O–H groups in total. The topological polar surface area (TPSA) is 55.8 Å². The van der Waals surface area contributed by atoms with Crippen LogP contribution in [0.1, 0.15) is 31.4 Å². The molecule has 0 aromatic heterocycles. The SMILES string of the molecule is CCC(O)c1ccccc1OC1CCOC1=O. The van der Waals surface area contributed by atoms with Gasteiger partial charge in [0, 0.05) is 12.0 Å². The first-order valence-corrected chi connectivity index (χ1v) is 5.82. The third-order valence-corrected chi connectivity index (χ3v) is 2.82. The van der Waals surface area contributed by atoms with Crippen LogP contribution in [-0.2, 0) is 9.53 Å². The van der Waals surface area contributed by atoms with Gasteiger partial charge in [-0.2, -0.15) is 0 Å². The highest BCUT2D eigenvalue weighted by atomic mass is 16.6. The predicted molar refractivity (Wildman–Crippen MR) is 61.7 cm³/mol. The minimum atomic E-state index is -0.566. The van der Waals surface area contributed by atoms with E-state index in [2.05, 4.69) is 0 Å². The molecule has 17 heavy (non-hydrogen) atoms. The molecule has 2 rings (SSSR count). The normalized spacial score (nSPS) is 21.1. The number of para-hydroxylation sites is 1. The minimum absolute atomic E-state index is 0.328. The molecule has 1 aliphatic rings. The Kier molecular flexibility index (Phi) is 3.64. The van der Waals surface area contributed by atoms with E-state index in [4.69, 9.17) is 9.47 Å². The van der Waals surface area contributed by atoms with Crippen molar-refractivity contribution in [2.24, 2.45) is 0 Å². The van der Waals surface area contributed by atoms with Crippen molar-refractivity contribution in [2.75, 3.05) is 6.61 Å². The Bertz CT molecular complexity index is 402. The van der Waals surface area contributed by atoms with Crippen LogP contribution in [0.2, 0.25) is 0 Å². The number of carbonyl (C=O) groups excluding carboxylic acids is 1. The number of ether oxygens (including phenoxy) is 2. The number of hydrogen-bond donors (Lipinski definition) is 1. The summed E-state index contributed by atoms with van der Waals surface area (Å²) in [7, 11) is 0. The molecule has 1 aliphatic heterocycles. The molecule has 2 atom stereocenters. The molecule has 0 radical (unpaired) electrons. The monoisotopic (exact) mass is 236 g/mol. The van der Waals surface area contributed by atoms with Crippen LogP contribution < -0.4 is 4.74 Å². The maximum atomic E-state index is 11.3. The number of rotatable bonds is 4. The summed E-state index contributed by atoms with van der Waals surface area (Å²) in [4.78, 5) is 11.3. The van der Waals surface area contributed by atoms with Crippen LogP contribution in [0.5, 0.6) is 5.75 Å². The van der Waals surface area contributed by atoms with Gasteiger partial charge >= 0.3 is 5.97 Å². The first-order valence-electron chi connectivity index (χ1n) is 5.82. The molecule has 0 bridgehead atoms. The summed E-state index contributed by atoms with van der Waals surface area (Å²) >= 11 is 0. The van der Waals surface area contributed by atoms with E-state index in [1.54, 1.807) is 6.07 Å². The van der Waals surface area contributed by atoms with Crippen molar-refractivity contribution in [3.05, 3.63) is 29.8 Å². The summed E-state index contributed by atoms with van der Waals surface area (Å²) in [5.74, 6) is 0.233. The van der Waals surface area contributed by atoms with Gasteiger partial charge in [-0.05, 0) is 12.5 Å². The molecule has 4 heteroatoms. The van der Waals surface area contributed by atoms with E-state index in [-0.39, 0.29) is 5.97 Å². The lowest BCUT2D eigenvalue weighted by Gasteiger charge is -2.16. The first-order chi connectivity index (χ1) is 8.22. The fourth-order valence-corrected chi connectivity index (χ4v) is 1.82. The van der Waals surface area contributed by atoms with Crippen LogP contribution in [0, 0.1) is 0 Å². The van der Waals surface area contributed by atoms with Crippen molar-refractivity contribution in [1.29, 1.82) is 0 Å². The first kappa shape index (κ1) is 11.9. The zero-order valence-corrected chi connectivity index (χ0v) is 9.76. The molecule has 4 nitrogen and oxygen atoms in total. The molecule has 1 aromatic carbocycles. The molecule has 1 heterocycles. The lowest BCUT2D eigenvalue weighted by Crippen LogP contribution is -2.22. The van der Waals surface area contributed by atoms with E-state index >= 15 is 0 Å². The van der Waals surface area contributed by atoms with Gasteiger partial charge in [0.1, 0.15) is 5.75 Å². The average molecular weight is 236 g/mol. The van der Waals surface area contributed by atoms with E-state index in [0.29, 0.717) is 25.2 Å². The molecule has 0 aliphatic carbocycles. The minimum Gasteiger partial charge on any atom is -0.478 e. The fourth-order valence-electron chi connectivity index (χ4n) is 1.82. The molecule has 0 saturated carbocycles. The Balaban J connectivity index is 2.17. The number of aliphatic hydroxyl groups is 1. The number of hydrogen-bond acceptors (Lipinski definition) is 4. The smallest absolute Gasteiger partial charge is 0.347 e. The molecule has 1 aromatic rings. The molecule has 0 spiro atoms. The van der Waals surface area contributed by atoms with Crippen LogP contribution in [-0.4, -0.2) is 23.8 Å². The summed E-state index contributed by atoms with van der Waals surface area (Å²) < 4.78 is 10.4. The molecule has 92 valence electrons. The summed E-state index contributed by atoms with van der Waals surface area (Å²) in [6, 6.07) is 7.24. The lowest BCUT2D eigenvalue weighted by molar-refractivity contribution is -0.143. The summed E-state index contributed by atoms with van der Waals surface area (Å²) in [5, 5.41) is 9.85. The van der Waals surface area contributed by atoms with E-state index in [0.717, 1.165) is 5.56 Å². The Morgan fingerprint density at radius 1 is 1.53 bits per heavy atom. The Morgan fingerprint density at radius 2 is 2.29 bits per heavy atom. The average Bonchev–Trinajstić information content (AvgIpc) is 2.75. The zero-order chi connectivity index (χ0) is 12.3. The molecule has 1 saturated heterocycles. The van der Waals surface area contributed by atoms with Crippen LogP contribution in [0.15, 0.2) is 24.3 Å². The number of esters is 1. The van der Waals surface area contributed by atoms with E-state index < -0.39 is 12.2 Å². The van der Waals surface area contributed by atoms with Gasteiger partial charge in [0.05, 0.1) is 12.7 Å². The number of benzene rings is 1. The predicted octanol–water partition coefficient (Wildman–Crippen LogP) is 1.82. The standard InChI is InChI=1S/C13H16O4/c1-2-10(14)9-5-3-4-6-11(9)17-12-7-8-16-13(12)15/h3-6,10,12,14H,2,7-8H2,1H3. The van der Waals surface area contributed by atoms with E-state index in [1.165, 1.54) is 0 Å². The second kappa shape index (κ2) is 5.19. The van der Waals surface area contributed by atoms with Gasteiger partial charge in [0.2, 0.25) is 0 Å². The maximum Gasteiger partial charge on any atom is 0.347 e.